The molecule has 2 aromatic rings. The molecule has 1 N–H and O–H groups in total. The number of halogens is 1. The highest BCUT2D eigenvalue weighted by molar-refractivity contribution is 5.76. The minimum absolute atomic E-state index is 0.0772. The van der Waals surface area contributed by atoms with E-state index in [4.69, 9.17) is 0 Å². The molecule has 1 aliphatic heterocycles. The van der Waals surface area contributed by atoms with Crippen LogP contribution in [-0.2, 0) is 17.8 Å². The van der Waals surface area contributed by atoms with Crippen molar-refractivity contribution in [2.75, 3.05) is 6.54 Å². The third kappa shape index (κ3) is 4.38. The van der Waals surface area contributed by atoms with Gasteiger partial charge in [0, 0.05) is 31.8 Å². The molecular formula is C20H23FN2O3. The Bertz CT molecular complexity index is 803. The normalized spacial score (nSPS) is 20.2. The van der Waals surface area contributed by atoms with Crippen LogP contribution in [-0.4, -0.2) is 39.2 Å². The van der Waals surface area contributed by atoms with E-state index in [1.165, 1.54) is 22.8 Å². The van der Waals surface area contributed by atoms with Crippen molar-refractivity contribution in [2.45, 2.75) is 44.4 Å². The number of hydrogen-bond donors (Lipinski definition) is 1. The van der Waals surface area contributed by atoms with Crippen molar-refractivity contribution in [3.8, 4) is 0 Å². The first-order valence-electron chi connectivity index (χ1n) is 8.92. The summed E-state index contributed by atoms with van der Waals surface area (Å²) in [6.45, 7) is 0.903. The van der Waals surface area contributed by atoms with Crippen molar-refractivity contribution in [3.63, 3.8) is 0 Å². The van der Waals surface area contributed by atoms with Crippen molar-refractivity contribution in [2.24, 2.45) is 0 Å². The van der Waals surface area contributed by atoms with Gasteiger partial charge >= 0.3 is 0 Å². The molecule has 3 rings (SSSR count). The number of carbonyl (C=O) groups is 1. The van der Waals surface area contributed by atoms with E-state index in [9.17, 15) is 19.1 Å². The molecular weight excluding hydrogens is 335 g/mol. The van der Waals surface area contributed by atoms with E-state index < -0.39 is 6.10 Å². The predicted octanol–water partition coefficient (Wildman–Crippen LogP) is 1.97. The smallest absolute Gasteiger partial charge is 0.250 e. The number of aromatic nitrogens is 1. The molecule has 1 aromatic carbocycles. The quantitative estimate of drug-likeness (QED) is 0.889. The monoisotopic (exact) mass is 358 g/mol. The fourth-order valence-corrected chi connectivity index (χ4v) is 3.46. The summed E-state index contributed by atoms with van der Waals surface area (Å²) in [6.07, 6.45) is 3.15. The van der Waals surface area contributed by atoms with E-state index >= 15 is 0 Å². The van der Waals surface area contributed by atoms with E-state index in [2.05, 4.69) is 0 Å². The van der Waals surface area contributed by atoms with Crippen molar-refractivity contribution >= 4 is 5.91 Å². The molecule has 0 radical (unpaired) electrons. The zero-order valence-corrected chi connectivity index (χ0v) is 14.6. The van der Waals surface area contributed by atoms with E-state index in [1.807, 2.05) is 0 Å². The highest BCUT2D eigenvalue weighted by Crippen LogP contribution is 2.22. The molecule has 6 heteroatoms. The Morgan fingerprint density at radius 3 is 2.69 bits per heavy atom. The average Bonchev–Trinajstić information content (AvgIpc) is 2.64. The standard InChI is InChI=1S/C20H23FN2O3/c21-16-8-6-15(7-9-16)14-17-18(24)4-3-12-23(17)20(26)10-13-22-11-2-1-5-19(22)25/h1-2,5-9,11,17-18,24H,3-4,10,12-14H2/t17-,18-/m0/s1. The van der Waals surface area contributed by atoms with Crippen LogP contribution in [0.15, 0.2) is 53.5 Å². The van der Waals surface area contributed by atoms with Crippen LogP contribution in [0.1, 0.15) is 24.8 Å². The molecule has 0 spiro atoms. The SMILES string of the molecule is O=C(CCn1ccccc1=O)N1CCC[C@H](O)[C@@H]1Cc1ccc(F)cc1. The number of aliphatic hydroxyl groups excluding tert-OH is 1. The number of aryl methyl sites for hydroxylation is 1. The topological polar surface area (TPSA) is 62.5 Å². The van der Waals surface area contributed by atoms with E-state index in [0.717, 1.165) is 12.0 Å². The van der Waals surface area contributed by atoms with E-state index in [-0.39, 0.29) is 29.7 Å². The summed E-state index contributed by atoms with van der Waals surface area (Å²) in [5, 5.41) is 10.4. The number of rotatable bonds is 5. The average molecular weight is 358 g/mol. The van der Waals surface area contributed by atoms with Gasteiger partial charge in [0.1, 0.15) is 5.82 Å². The molecule has 26 heavy (non-hydrogen) atoms. The van der Waals surface area contributed by atoms with Crippen molar-refractivity contribution < 1.29 is 14.3 Å². The maximum atomic E-state index is 13.1. The Morgan fingerprint density at radius 1 is 1.19 bits per heavy atom. The van der Waals surface area contributed by atoms with Gasteiger partial charge in [-0.25, -0.2) is 4.39 Å². The fraction of sp³-hybridized carbons (Fsp3) is 0.400. The highest BCUT2D eigenvalue weighted by atomic mass is 19.1. The van der Waals surface area contributed by atoms with Crippen LogP contribution < -0.4 is 5.56 Å². The summed E-state index contributed by atoms with van der Waals surface area (Å²) in [4.78, 5) is 26.2. The number of likely N-dealkylation sites (tertiary alicyclic amines) is 1. The maximum Gasteiger partial charge on any atom is 0.250 e. The van der Waals surface area contributed by atoms with Gasteiger partial charge in [-0.1, -0.05) is 18.2 Å². The maximum absolute atomic E-state index is 13.1. The summed E-state index contributed by atoms with van der Waals surface area (Å²) < 4.78 is 14.6. The summed E-state index contributed by atoms with van der Waals surface area (Å²) in [5.74, 6) is -0.384. The van der Waals surface area contributed by atoms with Crippen molar-refractivity contribution in [3.05, 3.63) is 70.4 Å². The van der Waals surface area contributed by atoms with Gasteiger partial charge in [-0.15, -0.1) is 0 Å². The van der Waals surface area contributed by atoms with Crippen LogP contribution in [0, 0.1) is 5.82 Å². The minimum atomic E-state index is -0.600. The highest BCUT2D eigenvalue weighted by Gasteiger charge is 2.33. The molecule has 1 amide bonds. The molecule has 5 nitrogen and oxygen atoms in total. The minimum Gasteiger partial charge on any atom is -0.391 e. The molecule has 0 aliphatic carbocycles. The molecule has 0 unspecified atom stereocenters. The number of benzene rings is 1. The van der Waals surface area contributed by atoms with Crippen LogP contribution in [0.3, 0.4) is 0 Å². The van der Waals surface area contributed by atoms with Crippen LogP contribution >= 0.6 is 0 Å². The third-order valence-electron chi connectivity index (χ3n) is 4.89. The molecule has 1 saturated heterocycles. The molecule has 0 saturated carbocycles. The first kappa shape index (κ1) is 18.3. The number of nitrogens with zero attached hydrogens (tertiary/aromatic N) is 2. The van der Waals surface area contributed by atoms with Gasteiger partial charge in [-0.2, -0.15) is 0 Å². The van der Waals surface area contributed by atoms with E-state index in [1.54, 1.807) is 35.4 Å². The summed E-state index contributed by atoms with van der Waals surface area (Å²) in [6, 6.07) is 10.7. The fourth-order valence-electron chi connectivity index (χ4n) is 3.46. The Balaban J connectivity index is 1.68. The van der Waals surface area contributed by atoms with Gasteiger partial charge in [0.25, 0.3) is 5.56 Å². The van der Waals surface area contributed by atoms with Crippen molar-refractivity contribution in [1.29, 1.82) is 0 Å². The van der Waals surface area contributed by atoms with E-state index in [0.29, 0.717) is 25.9 Å². The second-order valence-electron chi connectivity index (χ2n) is 6.68. The first-order chi connectivity index (χ1) is 12.5. The van der Waals surface area contributed by atoms with Crippen LogP contribution in [0.4, 0.5) is 4.39 Å². The second kappa shape index (κ2) is 8.27. The first-order valence-corrected chi connectivity index (χ1v) is 8.92. The molecule has 0 bridgehead atoms. The Labute approximate surface area is 151 Å². The summed E-state index contributed by atoms with van der Waals surface area (Å²) in [7, 11) is 0. The zero-order chi connectivity index (χ0) is 18.5. The van der Waals surface area contributed by atoms with Gasteiger partial charge in [0.05, 0.1) is 12.1 Å². The molecule has 1 fully saturated rings. The van der Waals surface area contributed by atoms with Gasteiger partial charge in [0.2, 0.25) is 5.91 Å². The Hall–Kier alpha value is -2.47. The number of pyridine rings is 1. The lowest BCUT2D eigenvalue weighted by molar-refractivity contribution is -0.139. The summed E-state index contributed by atoms with van der Waals surface area (Å²) >= 11 is 0. The number of aliphatic hydroxyl groups is 1. The van der Waals surface area contributed by atoms with Gasteiger partial charge in [0.15, 0.2) is 0 Å². The molecule has 2 heterocycles. The lowest BCUT2D eigenvalue weighted by atomic mass is 9.92. The molecule has 1 aromatic heterocycles. The Kier molecular flexibility index (Phi) is 5.83. The van der Waals surface area contributed by atoms with Gasteiger partial charge in [-0.05, 0) is 43.0 Å². The largest absolute Gasteiger partial charge is 0.391 e. The zero-order valence-electron chi connectivity index (χ0n) is 14.6. The Morgan fingerprint density at radius 2 is 1.96 bits per heavy atom. The van der Waals surface area contributed by atoms with Crippen molar-refractivity contribution in [1.82, 2.24) is 9.47 Å². The third-order valence-corrected chi connectivity index (χ3v) is 4.89. The van der Waals surface area contributed by atoms with Crippen LogP contribution in [0.2, 0.25) is 0 Å². The number of hydrogen-bond acceptors (Lipinski definition) is 3. The van der Waals surface area contributed by atoms with Gasteiger partial charge < -0.3 is 14.6 Å². The number of carbonyl (C=O) groups excluding carboxylic acids is 1. The van der Waals surface area contributed by atoms with Crippen LogP contribution in [0.25, 0.3) is 0 Å². The van der Waals surface area contributed by atoms with Gasteiger partial charge in [-0.3, -0.25) is 9.59 Å². The predicted molar refractivity (Wildman–Crippen MR) is 96.2 cm³/mol. The summed E-state index contributed by atoms with van der Waals surface area (Å²) in [5.41, 5.74) is 0.747. The lowest BCUT2D eigenvalue weighted by Gasteiger charge is -2.39. The number of piperidine rings is 1. The second-order valence-corrected chi connectivity index (χ2v) is 6.68. The molecule has 138 valence electrons. The molecule has 2 atom stereocenters. The number of amides is 1. The van der Waals surface area contributed by atoms with Crippen LogP contribution in [0.5, 0.6) is 0 Å². The lowest BCUT2D eigenvalue weighted by Crippen LogP contribution is -2.52. The molecule has 1 aliphatic rings.